The van der Waals surface area contributed by atoms with Crippen LogP contribution in [0.4, 0.5) is 13.2 Å². The molecule has 0 radical (unpaired) electrons. The molecule has 1 aliphatic rings. The Kier molecular flexibility index (Phi) is 2.26. The zero-order valence-electron chi connectivity index (χ0n) is 7.59. The molecule has 1 aromatic rings. The predicted octanol–water partition coefficient (Wildman–Crippen LogP) is 0.491. The summed E-state index contributed by atoms with van der Waals surface area (Å²) in [6, 6.07) is 0. The molecule has 0 fully saturated rings. The Morgan fingerprint density at radius 2 is 2.12 bits per heavy atom. The second kappa shape index (κ2) is 3.27. The van der Waals surface area contributed by atoms with Crippen LogP contribution in [0.15, 0.2) is 11.4 Å². The number of rotatable bonds is 1. The minimum atomic E-state index is -5.31. The van der Waals surface area contributed by atoms with Gasteiger partial charge in [0.05, 0.1) is 0 Å². The lowest BCUT2D eigenvalue weighted by Gasteiger charge is -2.18. The van der Waals surface area contributed by atoms with Crippen molar-refractivity contribution >= 4 is 16.1 Å². The number of hydrogen-bond donors (Lipinski definition) is 0. The van der Waals surface area contributed by atoms with Crippen molar-refractivity contribution in [1.82, 2.24) is 14.9 Å². The van der Waals surface area contributed by atoms with Crippen LogP contribution in [0.2, 0.25) is 0 Å². The van der Waals surface area contributed by atoms with E-state index < -0.39 is 20.6 Å². The van der Waals surface area contributed by atoms with E-state index in [4.69, 9.17) is 0 Å². The topological polar surface area (TPSA) is 77.2 Å². The van der Waals surface area contributed by atoms with Crippen LogP contribution in [0, 0.1) is 0 Å². The number of fused-ring (bicyclic) bond motifs is 1. The van der Waals surface area contributed by atoms with Gasteiger partial charge in [0.25, 0.3) is 9.84 Å². The van der Waals surface area contributed by atoms with Crippen LogP contribution in [0.1, 0.15) is 17.5 Å². The Morgan fingerprint density at radius 3 is 2.75 bits per heavy atom. The Balaban J connectivity index is 2.50. The average Bonchev–Trinajstić information content (AvgIpc) is 2.62. The molecule has 6 nitrogen and oxygen atoms in total. The molecule has 0 aromatic carbocycles. The highest BCUT2D eigenvalue weighted by Crippen LogP contribution is 2.37. The lowest BCUT2D eigenvalue weighted by molar-refractivity contribution is -0.0446. The number of hydrogen-bond acceptors (Lipinski definition) is 5. The highest BCUT2D eigenvalue weighted by atomic mass is 32.2. The zero-order chi connectivity index (χ0) is 12.0. The van der Waals surface area contributed by atoms with Crippen LogP contribution >= 0.6 is 0 Å². The summed E-state index contributed by atoms with van der Waals surface area (Å²) < 4.78 is 60.3. The molecule has 2 rings (SSSR count). The molecule has 0 N–H and O–H groups in total. The van der Waals surface area contributed by atoms with Crippen molar-refractivity contribution in [3.8, 4) is 0 Å². The molecule has 1 atom stereocenters. The normalized spacial score (nSPS) is 20.8. The number of alkyl halides is 3. The standard InChI is InChI=1S/C6H5F3N4O2S/c7-6(8,9)16(14,15)4-1-2-11-13-3-10-12-5(4)13/h2-4H,1H2. The first kappa shape index (κ1) is 11.0. The van der Waals surface area contributed by atoms with Gasteiger partial charge < -0.3 is 0 Å². The van der Waals surface area contributed by atoms with Crippen molar-refractivity contribution in [3.63, 3.8) is 0 Å². The molecule has 0 saturated carbocycles. The summed E-state index contributed by atoms with van der Waals surface area (Å²) in [5, 5.41) is 8.52. The molecule has 1 aliphatic heterocycles. The van der Waals surface area contributed by atoms with Crippen molar-refractivity contribution in [1.29, 1.82) is 0 Å². The van der Waals surface area contributed by atoms with Gasteiger partial charge in [-0.1, -0.05) is 0 Å². The molecule has 10 heteroatoms. The second-order valence-electron chi connectivity index (χ2n) is 3.05. The van der Waals surface area contributed by atoms with Crippen molar-refractivity contribution in [2.45, 2.75) is 17.2 Å². The molecule has 1 aromatic heterocycles. The van der Waals surface area contributed by atoms with E-state index in [2.05, 4.69) is 15.3 Å². The molecule has 2 heterocycles. The minimum Gasteiger partial charge on any atom is -0.219 e. The molecular formula is C6H5F3N4O2S. The van der Waals surface area contributed by atoms with Crippen molar-refractivity contribution in [3.05, 3.63) is 12.2 Å². The second-order valence-corrected chi connectivity index (χ2v) is 5.17. The first-order valence-corrected chi connectivity index (χ1v) is 5.61. The maximum atomic E-state index is 12.3. The number of nitrogens with zero attached hydrogens (tertiary/aromatic N) is 4. The Hall–Kier alpha value is -1.45. The van der Waals surface area contributed by atoms with Crippen LogP contribution < -0.4 is 0 Å². The first-order valence-electron chi connectivity index (χ1n) is 4.07. The lowest BCUT2D eigenvalue weighted by Crippen LogP contribution is -2.32. The Labute approximate surface area is 87.7 Å². The molecule has 0 bridgehead atoms. The fourth-order valence-corrected chi connectivity index (χ4v) is 2.40. The first-order chi connectivity index (χ1) is 7.34. The minimum absolute atomic E-state index is 0.320. The van der Waals surface area contributed by atoms with Crippen molar-refractivity contribution < 1.29 is 21.6 Å². The molecule has 0 amide bonds. The van der Waals surface area contributed by atoms with E-state index in [1.807, 2.05) is 0 Å². The van der Waals surface area contributed by atoms with E-state index in [0.29, 0.717) is 0 Å². The summed E-state index contributed by atoms with van der Waals surface area (Å²) in [6.45, 7) is 0. The largest absolute Gasteiger partial charge is 0.498 e. The van der Waals surface area contributed by atoms with Gasteiger partial charge >= 0.3 is 5.51 Å². The van der Waals surface area contributed by atoms with Crippen LogP contribution in [0.25, 0.3) is 0 Å². The van der Waals surface area contributed by atoms with Gasteiger partial charge in [0.2, 0.25) is 0 Å². The summed E-state index contributed by atoms with van der Waals surface area (Å²) in [7, 11) is -5.30. The SMILES string of the molecule is O=S(=O)(C1CC=Nn2cnnc21)C(F)(F)F. The zero-order valence-corrected chi connectivity index (χ0v) is 8.40. The van der Waals surface area contributed by atoms with Gasteiger partial charge in [-0.3, -0.25) is 0 Å². The number of halogens is 3. The highest BCUT2D eigenvalue weighted by molar-refractivity contribution is 7.92. The number of aromatic nitrogens is 3. The summed E-state index contributed by atoms with van der Waals surface area (Å²) >= 11 is 0. The van der Waals surface area contributed by atoms with E-state index in [1.165, 1.54) is 0 Å². The van der Waals surface area contributed by atoms with Crippen LogP contribution in [0.3, 0.4) is 0 Å². The van der Waals surface area contributed by atoms with Crippen molar-refractivity contribution in [2.75, 3.05) is 0 Å². The van der Waals surface area contributed by atoms with E-state index in [1.54, 1.807) is 0 Å². The number of sulfone groups is 1. The van der Waals surface area contributed by atoms with Crippen LogP contribution in [-0.2, 0) is 9.84 Å². The van der Waals surface area contributed by atoms with Gasteiger partial charge in [-0.15, -0.1) is 10.2 Å². The predicted molar refractivity (Wildman–Crippen MR) is 46.2 cm³/mol. The average molecular weight is 254 g/mol. The van der Waals surface area contributed by atoms with E-state index >= 15 is 0 Å². The van der Waals surface area contributed by atoms with Gasteiger partial charge in [-0.25, -0.2) is 13.1 Å². The summed E-state index contributed by atoms with van der Waals surface area (Å²) in [5.74, 6) is -0.320. The maximum absolute atomic E-state index is 12.3. The molecule has 16 heavy (non-hydrogen) atoms. The molecule has 88 valence electrons. The van der Waals surface area contributed by atoms with Gasteiger partial charge in [-0.05, 0) is 0 Å². The van der Waals surface area contributed by atoms with Crippen LogP contribution in [-0.4, -0.2) is 35.0 Å². The molecule has 0 aliphatic carbocycles. The monoisotopic (exact) mass is 254 g/mol. The third-order valence-electron chi connectivity index (χ3n) is 2.07. The fraction of sp³-hybridized carbons (Fsp3) is 0.500. The quantitative estimate of drug-likeness (QED) is 0.730. The molecule has 0 saturated heterocycles. The Bertz CT molecular complexity index is 532. The third-order valence-corrected chi connectivity index (χ3v) is 3.86. The smallest absolute Gasteiger partial charge is 0.219 e. The lowest BCUT2D eigenvalue weighted by atomic mass is 10.3. The fourth-order valence-electron chi connectivity index (χ4n) is 1.30. The third kappa shape index (κ3) is 1.49. The summed E-state index contributed by atoms with van der Waals surface area (Å²) in [5.41, 5.74) is -5.31. The highest BCUT2D eigenvalue weighted by Gasteiger charge is 2.52. The van der Waals surface area contributed by atoms with E-state index in [-0.39, 0.29) is 12.2 Å². The van der Waals surface area contributed by atoms with Gasteiger partial charge in [0, 0.05) is 12.6 Å². The van der Waals surface area contributed by atoms with Crippen LogP contribution in [0.5, 0.6) is 0 Å². The van der Waals surface area contributed by atoms with Crippen molar-refractivity contribution in [2.24, 2.45) is 5.10 Å². The van der Waals surface area contributed by atoms with E-state index in [9.17, 15) is 21.6 Å². The van der Waals surface area contributed by atoms with Gasteiger partial charge in [0.1, 0.15) is 11.6 Å². The maximum Gasteiger partial charge on any atom is 0.498 e. The molecule has 0 spiro atoms. The van der Waals surface area contributed by atoms with Gasteiger partial charge in [-0.2, -0.15) is 18.3 Å². The summed E-state index contributed by atoms with van der Waals surface area (Å²) in [4.78, 5) is 0. The molecular weight excluding hydrogens is 249 g/mol. The molecule has 1 unspecified atom stereocenters. The van der Waals surface area contributed by atoms with E-state index in [0.717, 1.165) is 17.2 Å². The van der Waals surface area contributed by atoms with Gasteiger partial charge in [0.15, 0.2) is 5.82 Å². The Morgan fingerprint density at radius 1 is 1.44 bits per heavy atom. The summed E-state index contributed by atoms with van der Waals surface area (Å²) in [6.07, 6.45) is 1.77.